The second kappa shape index (κ2) is 6.34. The van der Waals surface area contributed by atoms with Crippen LogP contribution in [0.5, 0.6) is 0 Å². The normalized spacial score (nSPS) is 19.0. The number of carbonyl (C=O) groups is 2. The molecule has 22 heavy (non-hydrogen) atoms. The van der Waals surface area contributed by atoms with E-state index < -0.39 is 5.97 Å². The first-order chi connectivity index (χ1) is 10.6. The van der Waals surface area contributed by atoms with Crippen LogP contribution in [0.4, 0.5) is 5.82 Å². The number of pyridine rings is 1. The predicted molar refractivity (Wildman–Crippen MR) is 81.9 cm³/mol. The SMILES string of the molecule is O=C(NCC1CC1)c1cccc(N2CCC(C(=O)O)CC2)n1. The maximum absolute atomic E-state index is 12.1. The summed E-state index contributed by atoms with van der Waals surface area (Å²) >= 11 is 0. The highest BCUT2D eigenvalue weighted by Gasteiger charge is 2.26. The number of aliphatic carboxylic acids is 1. The Hall–Kier alpha value is -2.11. The van der Waals surface area contributed by atoms with Gasteiger partial charge in [-0.2, -0.15) is 0 Å². The van der Waals surface area contributed by atoms with Crippen LogP contribution in [-0.2, 0) is 4.79 Å². The molecule has 0 unspecified atom stereocenters. The molecule has 0 atom stereocenters. The van der Waals surface area contributed by atoms with Gasteiger partial charge < -0.3 is 15.3 Å². The van der Waals surface area contributed by atoms with Crippen molar-refractivity contribution >= 4 is 17.7 Å². The molecule has 2 heterocycles. The standard InChI is InChI=1S/C16H21N3O3/c20-15(17-10-11-4-5-11)13-2-1-3-14(18-13)19-8-6-12(7-9-19)16(21)22/h1-3,11-12H,4-10H2,(H,17,20)(H,21,22). The fourth-order valence-electron chi connectivity index (χ4n) is 2.73. The third-order valence-corrected chi connectivity index (χ3v) is 4.38. The highest BCUT2D eigenvalue weighted by atomic mass is 16.4. The number of hydrogen-bond acceptors (Lipinski definition) is 4. The van der Waals surface area contributed by atoms with E-state index in [9.17, 15) is 9.59 Å². The van der Waals surface area contributed by atoms with Crippen LogP contribution in [0.1, 0.15) is 36.2 Å². The Labute approximate surface area is 129 Å². The third-order valence-electron chi connectivity index (χ3n) is 4.38. The lowest BCUT2D eigenvalue weighted by molar-refractivity contribution is -0.142. The number of carboxylic acids is 1. The smallest absolute Gasteiger partial charge is 0.306 e. The van der Waals surface area contributed by atoms with Gasteiger partial charge >= 0.3 is 5.97 Å². The summed E-state index contributed by atoms with van der Waals surface area (Å²) in [7, 11) is 0. The van der Waals surface area contributed by atoms with Gasteiger partial charge in [0.25, 0.3) is 5.91 Å². The van der Waals surface area contributed by atoms with Crippen LogP contribution < -0.4 is 10.2 Å². The molecule has 1 aromatic rings. The summed E-state index contributed by atoms with van der Waals surface area (Å²) in [6, 6.07) is 5.42. The highest BCUT2D eigenvalue weighted by molar-refractivity contribution is 5.92. The molecule has 0 radical (unpaired) electrons. The van der Waals surface area contributed by atoms with Crippen molar-refractivity contribution in [1.82, 2.24) is 10.3 Å². The lowest BCUT2D eigenvalue weighted by atomic mass is 9.97. The summed E-state index contributed by atoms with van der Waals surface area (Å²) in [5, 5.41) is 11.9. The van der Waals surface area contributed by atoms with Crippen molar-refractivity contribution in [3.8, 4) is 0 Å². The molecule has 2 N–H and O–H groups in total. The van der Waals surface area contributed by atoms with E-state index in [1.165, 1.54) is 12.8 Å². The Bertz CT molecular complexity index is 564. The Morgan fingerprint density at radius 2 is 1.95 bits per heavy atom. The second-order valence-corrected chi connectivity index (χ2v) is 6.13. The molecule has 6 nitrogen and oxygen atoms in total. The van der Waals surface area contributed by atoms with Gasteiger partial charge in [0.1, 0.15) is 11.5 Å². The molecule has 3 rings (SSSR count). The van der Waals surface area contributed by atoms with Crippen molar-refractivity contribution in [1.29, 1.82) is 0 Å². The molecule has 1 saturated carbocycles. The molecule has 2 fully saturated rings. The lowest BCUT2D eigenvalue weighted by Crippen LogP contribution is -2.37. The summed E-state index contributed by atoms with van der Waals surface area (Å²) in [6.45, 7) is 2.06. The second-order valence-electron chi connectivity index (χ2n) is 6.13. The maximum Gasteiger partial charge on any atom is 0.306 e. The largest absolute Gasteiger partial charge is 0.481 e. The van der Waals surface area contributed by atoms with Gasteiger partial charge in [-0.3, -0.25) is 9.59 Å². The third kappa shape index (κ3) is 3.55. The molecule has 1 amide bonds. The van der Waals surface area contributed by atoms with Crippen molar-refractivity contribution in [2.45, 2.75) is 25.7 Å². The van der Waals surface area contributed by atoms with Gasteiger partial charge in [-0.25, -0.2) is 4.98 Å². The number of hydrogen-bond donors (Lipinski definition) is 2. The van der Waals surface area contributed by atoms with Gasteiger partial charge in [-0.15, -0.1) is 0 Å². The van der Waals surface area contributed by atoms with Crippen LogP contribution in [0.25, 0.3) is 0 Å². The molecule has 1 aromatic heterocycles. The Balaban J connectivity index is 1.61. The van der Waals surface area contributed by atoms with Crippen LogP contribution in [0.3, 0.4) is 0 Å². The highest BCUT2D eigenvalue weighted by Crippen LogP contribution is 2.27. The summed E-state index contributed by atoms with van der Waals surface area (Å²) in [5.74, 6) is 0.279. The Morgan fingerprint density at radius 3 is 2.59 bits per heavy atom. The molecule has 1 aliphatic carbocycles. The molecule has 6 heteroatoms. The average molecular weight is 303 g/mol. The number of carboxylic acid groups (broad SMARTS) is 1. The number of carbonyl (C=O) groups excluding carboxylic acids is 1. The average Bonchev–Trinajstić information content (AvgIpc) is 3.37. The summed E-state index contributed by atoms with van der Waals surface area (Å²) < 4.78 is 0. The van der Waals surface area contributed by atoms with Gasteiger partial charge in [-0.05, 0) is 43.7 Å². The first-order valence-electron chi connectivity index (χ1n) is 7.86. The number of piperidine rings is 1. The van der Waals surface area contributed by atoms with Gasteiger partial charge in [0.05, 0.1) is 5.92 Å². The fourth-order valence-corrected chi connectivity index (χ4v) is 2.73. The zero-order valence-corrected chi connectivity index (χ0v) is 12.5. The maximum atomic E-state index is 12.1. The van der Waals surface area contributed by atoms with Gasteiger partial charge in [0.15, 0.2) is 0 Å². The van der Waals surface area contributed by atoms with Gasteiger partial charge in [0.2, 0.25) is 0 Å². The molecule has 1 saturated heterocycles. The zero-order chi connectivity index (χ0) is 15.5. The fraction of sp³-hybridized carbons (Fsp3) is 0.562. The molecule has 0 aromatic carbocycles. The minimum Gasteiger partial charge on any atom is -0.481 e. The quantitative estimate of drug-likeness (QED) is 0.862. The first kappa shape index (κ1) is 14.8. The lowest BCUT2D eigenvalue weighted by Gasteiger charge is -2.31. The van der Waals surface area contributed by atoms with Crippen LogP contribution in [0.2, 0.25) is 0 Å². The van der Waals surface area contributed by atoms with Gasteiger partial charge in [0, 0.05) is 19.6 Å². The minimum absolute atomic E-state index is 0.130. The summed E-state index contributed by atoms with van der Waals surface area (Å²) in [6.07, 6.45) is 3.64. The van der Waals surface area contributed by atoms with E-state index in [0.717, 1.165) is 12.4 Å². The Kier molecular flexibility index (Phi) is 4.27. The Morgan fingerprint density at radius 1 is 1.23 bits per heavy atom. The van der Waals surface area contributed by atoms with E-state index in [1.807, 2.05) is 12.1 Å². The van der Waals surface area contributed by atoms with E-state index in [-0.39, 0.29) is 11.8 Å². The molecule has 0 bridgehead atoms. The predicted octanol–water partition coefficient (Wildman–Crippen LogP) is 1.52. The molecular formula is C16H21N3O3. The molecule has 118 valence electrons. The molecule has 2 aliphatic rings. The van der Waals surface area contributed by atoms with Crippen LogP contribution in [-0.4, -0.2) is 41.6 Å². The van der Waals surface area contributed by atoms with Crippen molar-refractivity contribution in [2.24, 2.45) is 11.8 Å². The molecular weight excluding hydrogens is 282 g/mol. The number of anilines is 1. The van der Waals surface area contributed by atoms with Crippen molar-refractivity contribution in [3.63, 3.8) is 0 Å². The number of nitrogens with zero attached hydrogens (tertiary/aromatic N) is 2. The van der Waals surface area contributed by atoms with Crippen LogP contribution in [0, 0.1) is 11.8 Å². The first-order valence-corrected chi connectivity index (χ1v) is 7.86. The van der Waals surface area contributed by atoms with E-state index >= 15 is 0 Å². The monoisotopic (exact) mass is 303 g/mol. The van der Waals surface area contributed by atoms with E-state index in [1.54, 1.807) is 6.07 Å². The van der Waals surface area contributed by atoms with E-state index in [0.29, 0.717) is 37.5 Å². The van der Waals surface area contributed by atoms with Gasteiger partial charge in [-0.1, -0.05) is 6.07 Å². The van der Waals surface area contributed by atoms with E-state index in [2.05, 4.69) is 15.2 Å². The van der Waals surface area contributed by atoms with Crippen LogP contribution in [0.15, 0.2) is 18.2 Å². The minimum atomic E-state index is -0.721. The topological polar surface area (TPSA) is 82.5 Å². The number of nitrogens with one attached hydrogen (secondary N) is 1. The molecule has 0 spiro atoms. The van der Waals surface area contributed by atoms with Crippen molar-refractivity contribution in [3.05, 3.63) is 23.9 Å². The summed E-state index contributed by atoms with van der Waals surface area (Å²) in [5.41, 5.74) is 0.429. The number of rotatable bonds is 5. The summed E-state index contributed by atoms with van der Waals surface area (Å²) in [4.78, 5) is 29.6. The van der Waals surface area contributed by atoms with Crippen molar-refractivity contribution in [2.75, 3.05) is 24.5 Å². The molecule has 1 aliphatic heterocycles. The van der Waals surface area contributed by atoms with Crippen molar-refractivity contribution < 1.29 is 14.7 Å². The van der Waals surface area contributed by atoms with E-state index in [4.69, 9.17) is 5.11 Å². The van der Waals surface area contributed by atoms with Crippen LogP contribution >= 0.6 is 0 Å². The number of aromatic nitrogens is 1. The number of amides is 1. The zero-order valence-electron chi connectivity index (χ0n) is 12.5.